The SMILES string of the molecule is CCCNC(=O)c1cccc(C(=O)NC(C)c2nc(C)c(C(=O)O)s2)c1. The molecule has 0 aliphatic heterocycles. The van der Waals surface area contributed by atoms with Gasteiger partial charge >= 0.3 is 5.97 Å². The molecule has 0 saturated carbocycles. The minimum absolute atomic E-state index is 0.163. The molecular weight excluding hydrogens is 354 g/mol. The van der Waals surface area contributed by atoms with Gasteiger partial charge in [0.05, 0.1) is 11.7 Å². The van der Waals surface area contributed by atoms with Crippen LogP contribution in [0.15, 0.2) is 24.3 Å². The maximum atomic E-state index is 12.5. The van der Waals surface area contributed by atoms with Crippen molar-refractivity contribution >= 4 is 29.1 Å². The van der Waals surface area contributed by atoms with Crippen LogP contribution in [0.2, 0.25) is 0 Å². The predicted molar refractivity (Wildman–Crippen MR) is 98.8 cm³/mol. The molecule has 138 valence electrons. The molecule has 3 N–H and O–H groups in total. The van der Waals surface area contributed by atoms with Crippen LogP contribution in [0.25, 0.3) is 0 Å². The molecule has 1 heterocycles. The van der Waals surface area contributed by atoms with Crippen molar-refractivity contribution in [3.8, 4) is 0 Å². The van der Waals surface area contributed by atoms with Gasteiger partial charge in [-0.3, -0.25) is 9.59 Å². The second-order valence-electron chi connectivity index (χ2n) is 5.80. The lowest BCUT2D eigenvalue weighted by Gasteiger charge is -2.12. The van der Waals surface area contributed by atoms with Crippen molar-refractivity contribution in [2.75, 3.05) is 6.54 Å². The van der Waals surface area contributed by atoms with Gasteiger partial charge in [0.2, 0.25) is 0 Å². The molecule has 26 heavy (non-hydrogen) atoms. The number of amides is 2. The maximum absolute atomic E-state index is 12.5. The van der Waals surface area contributed by atoms with E-state index in [1.807, 2.05) is 6.92 Å². The van der Waals surface area contributed by atoms with Gasteiger partial charge in [-0.2, -0.15) is 0 Å². The Bertz CT molecular complexity index is 832. The van der Waals surface area contributed by atoms with E-state index in [1.54, 1.807) is 32.0 Å². The Labute approximate surface area is 155 Å². The van der Waals surface area contributed by atoms with Crippen LogP contribution in [0.5, 0.6) is 0 Å². The summed E-state index contributed by atoms with van der Waals surface area (Å²) in [5.41, 5.74) is 1.19. The van der Waals surface area contributed by atoms with E-state index < -0.39 is 12.0 Å². The van der Waals surface area contributed by atoms with Gasteiger partial charge in [-0.25, -0.2) is 9.78 Å². The number of aromatic nitrogens is 1. The summed E-state index contributed by atoms with van der Waals surface area (Å²) in [5.74, 6) is -1.61. The zero-order valence-electron chi connectivity index (χ0n) is 14.8. The third-order valence-electron chi connectivity index (χ3n) is 3.65. The van der Waals surface area contributed by atoms with Gasteiger partial charge in [0.15, 0.2) is 0 Å². The van der Waals surface area contributed by atoms with Gasteiger partial charge in [-0.1, -0.05) is 13.0 Å². The molecule has 2 aromatic rings. The van der Waals surface area contributed by atoms with E-state index in [4.69, 9.17) is 5.11 Å². The highest BCUT2D eigenvalue weighted by molar-refractivity contribution is 7.13. The summed E-state index contributed by atoms with van der Waals surface area (Å²) < 4.78 is 0. The largest absolute Gasteiger partial charge is 0.477 e. The number of aryl methyl sites for hydroxylation is 1. The molecule has 0 aliphatic carbocycles. The molecule has 1 aromatic carbocycles. The van der Waals surface area contributed by atoms with Crippen LogP contribution in [0.3, 0.4) is 0 Å². The molecule has 0 fully saturated rings. The number of carbonyl (C=O) groups excluding carboxylic acids is 2. The molecule has 8 heteroatoms. The summed E-state index contributed by atoms with van der Waals surface area (Å²) in [6.45, 7) is 5.89. The Balaban J connectivity index is 2.11. The molecule has 0 aliphatic rings. The molecule has 1 aromatic heterocycles. The zero-order valence-corrected chi connectivity index (χ0v) is 15.6. The quantitative estimate of drug-likeness (QED) is 0.689. The lowest BCUT2D eigenvalue weighted by atomic mass is 10.1. The van der Waals surface area contributed by atoms with E-state index in [0.717, 1.165) is 17.8 Å². The number of aromatic carboxylic acids is 1. The fraction of sp³-hybridized carbons (Fsp3) is 0.333. The Kier molecular flexibility index (Phi) is 6.46. The number of rotatable bonds is 7. The number of nitrogens with one attached hydrogen (secondary N) is 2. The Hall–Kier alpha value is -2.74. The molecule has 0 spiro atoms. The minimum atomic E-state index is -1.03. The third kappa shape index (κ3) is 4.66. The van der Waals surface area contributed by atoms with E-state index in [2.05, 4.69) is 15.6 Å². The van der Waals surface area contributed by atoms with E-state index in [1.165, 1.54) is 6.07 Å². The number of nitrogens with zero attached hydrogens (tertiary/aromatic N) is 1. The molecule has 0 radical (unpaired) electrons. The van der Waals surface area contributed by atoms with Gasteiger partial charge in [-0.05, 0) is 38.5 Å². The average molecular weight is 375 g/mol. The van der Waals surface area contributed by atoms with Crippen LogP contribution in [0.4, 0.5) is 0 Å². The predicted octanol–water partition coefficient (Wildman–Crippen LogP) is 2.78. The Morgan fingerprint density at radius 2 is 1.88 bits per heavy atom. The van der Waals surface area contributed by atoms with Crippen molar-refractivity contribution in [1.82, 2.24) is 15.6 Å². The van der Waals surface area contributed by atoms with Crippen molar-refractivity contribution in [3.05, 3.63) is 51.0 Å². The first-order valence-corrected chi connectivity index (χ1v) is 9.04. The minimum Gasteiger partial charge on any atom is -0.477 e. The number of benzene rings is 1. The van der Waals surface area contributed by atoms with Crippen LogP contribution in [-0.4, -0.2) is 34.4 Å². The van der Waals surface area contributed by atoms with Crippen molar-refractivity contribution in [3.63, 3.8) is 0 Å². The number of carboxylic acids is 1. The van der Waals surface area contributed by atoms with Gasteiger partial charge in [0.1, 0.15) is 9.88 Å². The van der Waals surface area contributed by atoms with Gasteiger partial charge in [0, 0.05) is 17.7 Å². The van der Waals surface area contributed by atoms with Crippen molar-refractivity contribution in [2.24, 2.45) is 0 Å². The van der Waals surface area contributed by atoms with Gasteiger partial charge in [0.25, 0.3) is 11.8 Å². The summed E-state index contributed by atoms with van der Waals surface area (Å²) in [5, 5.41) is 15.2. The first-order valence-electron chi connectivity index (χ1n) is 8.23. The van der Waals surface area contributed by atoms with Crippen LogP contribution in [0.1, 0.15) is 67.4 Å². The third-order valence-corrected chi connectivity index (χ3v) is 4.98. The first kappa shape index (κ1) is 19.6. The summed E-state index contributed by atoms with van der Waals surface area (Å²) >= 11 is 1.04. The molecule has 0 bridgehead atoms. The number of thiazole rings is 1. The highest BCUT2D eigenvalue weighted by Crippen LogP contribution is 2.23. The normalized spacial score (nSPS) is 11.7. The van der Waals surface area contributed by atoms with Crippen LogP contribution < -0.4 is 10.6 Å². The molecular formula is C18H21N3O4S. The smallest absolute Gasteiger partial charge is 0.347 e. The molecule has 2 rings (SSSR count). The van der Waals surface area contributed by atoms with E-state index in [9.17, 15) is 14.4 Å². The summed E-state index contributed by atoms with van der Waals surface area (Å²) in [6.07, 6.45) is 0.828. The standard InChI is InChI=1S/C18H21N3O4S/c1-4-8-19-15(22)12-6-5-7-13(9-12)16(23)20-11(3)17-21-10(2)14(26-17)18(24)25/h5-7,9,11H,4,8H2,1-3H3,(H,19,22)(H,20,23)(H,24,25). The fourth-order valence-corrected chi connectivity index (χ4v) is 3.19. The second-order valence-corrected chi connectivity index (χ2v) is 6.83. The Morgan fingerprint density at radius 3 is 2.46 bits per heavy atom. The lowest BCUT2D eigenvalue weighted by molar-refractivity contribution is 0.0700. The van der Waals surface area contributed by atoms with Gasteiger partial charge < -0.3 is 15.7 Å². The zero-order chi connectivity index (χ0) is 19.3. The van der Waals surface area contributed by atoms with Crippen molar-refractivity contribution < 1.29 is 19.5 Å². The number of carboxylic acid groups (broad SMARTS) is 1. The second kappa shape index (κ2) is 8.57. The van der Waals surface area contributed by atoms with E-state index in [0.29, 0.717) is 28.4 Å². The van der Waals surface area contributed by atoms with Crippen LogP contribution >= 0.6 is 11.3 Å². The first-order chi connectivity index (χ1) is 12.3. The van der Waals surface area contributed by atoms with Crippen molar-refractivity contribution in [2.45, 2.75) is 33.2 Å². The van der Waals surface area contributed by atoms with Crippen LogP contribution in [0, 0.1) is 6.92 Å². The van der Waals surface area contributed by atoms with E-state index >= 15 is 0 Å². The number of hydrogen-bond acceptors (Lipinski definition) is 5. The van der Waals surface area contributed by atoms with Crippen LogP contribution in [-0.2, 0) is 0 Å². The summed E-state index contributed by atoms with van der Waals surface area (Å²) in [4.78, 5) is 40.0. The highest BCUT2D eigenvalue weighted by Gasteiger charge is 2.20. The topological polar surface area (TPSA) is 108 Å². The maximum Gasteiger partial charge on any atom is 0.347 e. The number of hydrogen-bond donors (Lipinski definition) is 3. The molecule has 7 nitrogen and oxygen atoms in total. The highest BCUT2D eigenvalue weighted by atomic mass is 32.1. The Morgan fingerprint density at radius 1 is 1.23 bits per heavy atom. The molecule has 2 amide bonds. The number of carbonyl (C=O) groups is 3. The average Bonchev–Trinajstić information content (AvgIpc) is 3.02. The van der Waals surface area contributed by atoms with E-state index in [-0.39, 0.29) is 16.7 Å². The summed E-state index contributed by atoms with van der Waals surface area (Å²) in [6, 6.07) is 6.00. The fourth-order valence-electron chi connectivity index (χ4n) is 2.28. The monoisotopic (exact) mass is 375 g/mol. The molecule has 1 unspecified atom stereocenters. The summed E-state index contributed by atoms with van der Waals surface area (Å²) in [7, 11) is 0. The van der Waals surface area contributed by atoms with Crippen molar-refractivity contribution in [1.29, 1.82) is 0 Å². The lowest BCUT2D eigenvalue weighted by Crippen LogP contribution is -2.28. The molecule has 0 saturated heterocycles. The van der Waals surface area contributed by atoms with Gasteiger partial charge in [-0.15, -0.1) is 11.3 Å². The molecule has 1 atom stereocenters.